The standard InChI is InChI=1S/C7H13FO2S/c1-4-5-6-7(2,3)11(8,9)10/h4H,1,5-6H2,2-3H3. The number of allylic oxidation sites excluding steroid dienone is 1. The van der Waals surface area contributed by atoms with Crippen LogP contribution in [0.3, 0.4) is 0 Å². The van der Waals surface area contributed by atoms with Crippen LogP contribution in [0.5, 0.6) is 0 Å². The highest BCUT2D eigenvalue weighted by molar-refractivity contribution is 7.87. The van der Waals surface area contributed by atoms with Gasteiger partial charge in [0.05, 0.1) is 4.75 Å². The van der Waals surface area contributed by atoms with Gasteiger partial charge in [0, 0.05) is 0 Å². The molecule has 0 bridgehead atoms. The van der Waals surface area contributed by atoms with Crippen LogP contribution >= 0.6 is 0 Å². The van der Waals surface area contributed by atoms with E-state index in [0.29, 0.717) is 6.42 Å². The summed E-state index contributed by atoms with van der Waals surface area (Å²) in [6.45, 7) is 6.16. The molecule has 0 saturated carbocycles. The van der Waals surface area contributed by atoms with E-state index in [9.17, 15) is 12.3 Å². The van der Waals surface area contributed by atoms with E-state index in [4.69, 9.17) is 0 Å². The monoisotopic (exact) mass is 180 g/mol. The van der Waals surface area contributed by atoms with Crippen molar-refractivity contribution >= 4 is 10.2 Å². The molecule has 11 heavy (non-hydrogen) atoms. The summed E-state index contributed by atoms with van der Waals surface area (Å²) < 4.78 is 32.1. The second-order valence-corrected chi connectivity index (χ2v) is 5.01. The number of halogens is 1. The van der Waals surface area contributed by atoms with Crippen LogP contribution in [0.1, 0.15) is 26.7 Å². The molecule has 0 aromatic carbocycles. The van der Waals surface area contributed by atoms with Crippen molar-refractivity contribution in [2.75, 3.05) is 0 Å². The van der Waals surface area contributed by atoms with Gasteiger partial charge in [-0.2, -0.15) is 8.42 Å². The lowest BCUT2D eigenvalue weighted by molar-refractivity contribution is 0.488. The first kappa shape index (κ1) is 10.6. The minimum Gasteiger partial charge on any atom is -0.194 e. The van der Waals surface area contributed by atoms with Gasteiger partial charge in [0.15, 0.2) is 0 Å². The van der Waals surface area contributed by atoms with Crippen LogP contribution in [0.2, 0.25) is 0 Å². The molecule has 0 aliphatic carbocycles. The Bertz CT molecular complexity index is 229. The normalized spacial score (nSPS) is 13.0. The molecule has 0 spiro atoms. The molecule has 2 nitrogen and oxygen atoms in total. The second kappa shape index (κ2) is 3.34. The predicted octanol–water partition coefficient (Wildman–Crippen LogP) is 2.03. The van der Waals surface area contributed by atoms with Crippen molar-refractivity contribution < 1.29 is 12.3 Å². The Morgan fingerprint density at radius 2 is 2.00 bits per heavy atom. The molecular formula is C7H13FO2S. The van der Waals surface area contributed by atoms with Crippen LogP contribution < -0.4 is 0 Å². The maximum Gasteiger partial charge on any atom is 0.307 e. The number of hydrogen-bond donors (Lipinski definition) is 0. The highest BCUT2D eigenvalue weighted by Gasteiger charge is 2.33. The minimum absolute atomic E-state index is 0.273. The summed E-state index contributed by atoms with van der Waals surface area (Å²) in [5.41, 5.74) is 0. The van der Waals surface area contributed by atoms with Gasteiger partial charge in [-0.3, -0.25) is 0 Å². The van der Waals surface area contributed by atoms with Gasteiger partial charge in [-0.15, -0.1) is 10.5 Å². The Morgan fingerprint density at radius 1 is 1.55 bits per heavy atom. The molecule has 0 atom stereocenters. The summed E-state index contributed by atoms with van der Waals surface area (Å²) in [5.74, 6) is 0. The van der Waals surface area contributed by atoms with Crippen LogP contribution in [0.4, 0.5) is 3.89 Å². The van der Waals surface area contributed by atoms with Crippen LogP contribution in [0.15, 0.2) is 12.7 Å². The van der Waals surface area contributed by atoms with Crippen molar-refractivity contribution in [2.24, 2.45) is 0 Å². The molecule has 0 radical (unpaired) electrons. The van der Waals surface area contributed by atoms with Gasteiger partial charge in [-0.1, -0.05) is 6.08 Å². The molecule has 0 unspecified atom stereocenters. The van der Waals surface area contributed by atoms with Gasteiger partial charge in [-0.05, 0) is 26.7 Å². The third-order valence-electron chi connectivity index (χ3n) is 1.61. The zero-order chi connectivity index (χ0) is 9.12. The fourth-order valence-corrected chi connectivity index (χ4v) is 0.933. The van der Waals surface area contributed by atoms with Crippen molar-refractivity contribution in [3.8, 4) is 0 Å². The average molecular weight is 180 g/mol. The Morgan fingerprint density at radius 3 is 2.27 bits per heavy atom. The lowest BCUT2D eigenvalue weighted by atomic mass is 10.1. The molecule has 0 amide bonds. The van der Waals surface area contributed by atoms with Crippen molar-refractivity contribution in [2.45, 2.75) is 31.4 Å². The van der Waals surface area contributed by atoms with E-state index >= 15 is 0 Å². The summed E-state index contributed by atoms with van der Waals surface area (Å²) in [4.78, 5) is 0. The van der Waals surface area contributed by atoms with Crippen molar-refractivity contribution in [1.82, 2.24) is 0 Å². The Hall–Kier alpha value is -0.380. The molecule has 0 aliphatic rings. The van der Waals surface area contributed by atoms with Gasteiger partial charge >= 0.3 is 10.2 Å². The molecule has 0 fully saturated rings. The largest absolute Gasteiger partial charge is 0.307 e. The maximum absolute atomic E-state index is 12.4. The van der Waals surface area contributed by atoms with E-state index in [1.165, 1.54) is 13.8 Å². The maximum atomic E-state index is 12.4. The molecule has 66 valence electrons. The fourth-order valence-electron chi connectivity index (χ4n) is 0.572. The number of hydrogen-bond acceptors (Lipinski definition) is 2. The lowest BCUT2D eigenvalue weighted by Gasteiger charge is -2.17. The zero-order valence-corrected chi connectivity index (χ0v) is 7.62. The molecule has 0 heterocycles. The quantitative estimate of drug-likeness (QED) is 0.490. The first-order valence-electron chi connectivity index (χ1n) is 3.36. The molecule has 0 aliphatic heterocycles. The van der Waals surface area contributed by atoms with E-state index in [-0.39, 0.29) is 6.42 Å². The first-order chi connectivity index (χ1) is 4.81. The molecule has 0 N–H and O–H groups in total. The van der Waals surface area contributed by atoms with Crippen molar-refractivity contribution in [3.63, 3.8) is 0 Å². The van der Waals surface area contributed by atoms with Gasteiger partial charge < -0.3 is 0 Å². The van der Waals surface area contributed by atoms with E-state index in [1.54, 1.807) is 6.08 Å². The lowest BCUT2D eigenvalue weighted by Crippen LogP contribution is -2.27. The van der Waals surface area contributed by atoms with E-state index in [2.05, 4.69) is 6.58 Å². The third-order valence-corrected chi connectivity index (χ3v) is 3.13. The topological polar surface area (TPSA) is 34.1 Å². The third kappa shape index (κ3) is 3.01. The van der Waals surface area contributed by atoms with Gasteiger partial charge in [0.25, 0.3) is 0 Å². The second-order valence-electron chi connectivity index (χ2n) is 3.02. The summed E-state index contributed by atoms with van der Waals surface area (Å²) >= 11 is 0. The molecule has 0 aromatic rings. The highest BCUT2D eigenvalue weighted by Crippen LogP contribution is 2.23. The van der Waals surface area contributed by atoms with Crippen molar-refractivity contribution in [3.05, 3.63) is 12.7 Å². The van der Waals surface area contributed by atoms with Crippen LogP contribution in [0.25, 0.3) is 0 Å². The first-order valence-corrected chi connectivity index (χ1v) is 4.75. The molecular weight excluding hydrogens is 167 g/mol. The summed E-state index contributed by atoms with van der Waals surface area (Å²) in [6, 6.07) is 0. The van der Waals surface area contributed by atoms with Crippen LogP contribution in [0, 0.1) is 0 Å². The predicted molar refractivity (Wildman–Crippen MR) is 43.5 cm³/mol. The van der Waals surface area contributed by atoms with Gasteiger partial charge in [0.2, 0.25) is 0 Å². The van der Waals surface area contributed by atoms with E-state index in [0.717, 1.165) is 0 Å². The Balaban J connectivity index is 4.35. The molecule has 4 heteroatoms. The van der Waals surface area contributed by atoms with Crippen LogP contribution in [-0.4, -0.2) is 13.2 Å². The van der Waals surface area contributed by atoms with Gasteiger partial charge in [-0.25, -0.2) is 0 Å². The minimum atomic E-state index is -4.42. The summed E-state index contributed by atoms with van der Waals surface area (Å²) in [7, 11) is -4.42. The number of rotatable bonds is 4. The van der Waals surface area contributed by atoms with Gasteiger partial charge in [0.1, 0.15) is 0 Å². The molecule has 0 saturated heterocycles. The summed E-state index contributed by atoms with van der Waals surface area (Å²) in [6.07, 6.45) is 2.36. The average Bonchev–Trinajstić information content (AvgIpc) is 1.81. The Labute approximate surface area is 67.3 Å². The van der Waals surface area contributed by atoms with E-state index in [1.807, 2.05) is 0 Å². The SMILES string of the molecule is C=CCCC(C)(C)S(=O)(=O)F. The fraction of sp³-hybridized carbons (Fsp3) is 0.714. The zero-order valence-electron chi connectivity index (χ0n) is 6.80. The van der Waals surface area contributed by atoms with E-state index < -0.39 is 15.0 Å². The highest BCUT2D eigenvalue weighted by atomic mass is 32.3. The smallest absolute Gasteiger partial charge is 0.194 e. The van der Waals surface area contributed by atoms with Crippen molar-refractivity contribution in [1.29, 1.82) is 0 Å². The summed E-state index contributed by atoms with van der Waals surface area (Å²) in [5, 5.41) is 0. The van der Waals surface area contributed by atoms with Crippen LogP contribution in [-0.2, 0) is 10.2 Å². The molecule has 0 aromatic heterocycles. The Kier molecular flexibility index (Phi) is 3.23. The molecule has 0 rings (SSSR count).